The zero-order valence-corrected chi connectivity index (χ0v) is 10.8. The lowest BCUT2D eigenvalue weighted by molar-refractivity contribution is -0.122. The molecule has 1 aromatic heterocycles. The van der Waals surface area contributed by atoms with E-state index in [9.17, 15) is 9.59 Å². The number of aromatic carboxylic acids is 1. The van der Waals surface area contributed by atoms with Gasteiger partial charge in [-0.1, -0.05) is 18.2 Å². The number of aromatic nitrogens is 2. The maximum Gasteiger partial charge on any atom is 0.357 e. The van der Waals surface area contributed by atoms with Crippen LogP contribution in [0.2, 0.25) is 0 Å². The lowest BCUT2D eigenvalue weighted by atomic mass is 10.2. The van der Waals surface area contributed by atoms with Crippen molar-refractivity contribution in [3.05, 3.63) is 30.0 Å². The Morgan fingerprint density at radius 1 is 1.37 bits per heavy atom. The molecule has 0 radical (unpaired) electrons. The van der Waals surface area contributed by atoms with Gasteiger partial charge in [0.2, 0.25) is 5.91 Å². The van der Waals surface area contributed by atoms with Gasteiger partial charge in [-0.2, -0.15) is 5.10 Å². The minimum absolute atomic E-state index is 0.00593. The van der Waals surface area contributed by atoms with Gasteiger partial charge in [-0.25, -0.2) is 4.79 Å². The third-order valence-corrected chi connectivity index (χ3v) is 2.60. The number of rotatable bonds is 4. The summed E-state index contributed by atoms with van der Waals surface area (Å²) >= 11 is 0. The second kappa shape index (κ2) is 5.09. The number of amides is 1. The van der Waals surface area contributed by atoms with Gasteiger partial charge in [0.05, 0.1) is 5.52 Å². The highest BCUT2D eigenvalue weighted by Crippen LogP contribution is 2.18. The lowest BCUT2D eigenvalue weighted by Gasteiger charge is -2.08. The van der Waals surface area contributed by atoms with Crippen molar-refractivity contribution < 1.29 is 14.7 Å². The number of fused-ring (bicyclic) bond motifs is 1. The molecule has 0 aliphatic rings. The Balaban J connectivity index is 2.38. The van der Waals surface area contributed by atoms with Crippen LogP contribution in [0.4, 0.5) is 0 Å². The molecule has 0 unspecified atom stereocenters. The molecule has 0 fully saturated rings. The van der Waals surface area contributed by atoms with Gasteiger partial charge >= 0.3 is 5.97 Å². The Labute approximate surface area is 110 Å². The van der Waals surface area contributed by atoms with Gasteiger partial charge in [-0.15, -0.1) is 0 Å². The van der Waals surface area contributed by atoms with Gasteiger partial charge < -0.3 is 10.4 Å². The minimum Gasteiger partial charge on any atom is -0.476 e. The molecule has 0 saturated carbocycles. The number of nitrogens with zero attached hydrogens (tertiary/aromatic N) is 2. The molecule has 2 N–H and O–H groups in total. The van der Waals surface area contributed by atoms with E-state index in [1.54, 1.807) is 24.3 Å². The SMILES string of the molecule is CC(C)NC(=O)Cn1nc(C(=O)O)c2ccccc21. The average molecular weight is 261 g/mol. The highest BCUT2D eigenvalue weighted by molar-refractivity contribution is 6.01. The molecule has 0 saturated heterocycles. The standard InChI is InChI=1S/C13H15N3O3/c1-8(2)14-11(17)7-16-10-6-4-3-5-9(10)12(15-16)13(18)19/h3-6,8H,7H2,1-2H3,(H,14,17)(H,18,19). The van der Waals surface area contributed by atoms with Crippen LogP contribution in [0.15, 0.2) is 24.3 Å². The van der Waals surface area contributed by atoms with E-state index >= 15 is 0 Å². The molecule has 0 aliphatic heterocycles. The molecule has 2 aromatic rings. The number of carbonyl (C=O) groups is 2. The van der Waals surface area contributed by atoms with Crippen LogP contribution in [0.3, 0.4) is 0 Å². The van der Waals surface area contributed by atoms with Crippen molar-refractivity contribution in [2.24, 2.45) is 0 Å². The van der Waals surface area contributed by atoms with E-state index < -0.39 is 5.97 Å². The van der Waals surface area contributed by atoms with Crippen LogP contribution < -0.4 is 5.32 Å². The third kappa shape index (κ3) is 2.73. The van der Waals surface area contributed by atoms with Crippen LogP contribution >= 0.6 is 0 Å². The van der Waals surface area contributed by atoms with Crippen molar-refractivity contribution in [1.82, 2.24) is 15.1 Å². The quantitative estimate of drug-likeness (QED) is 0.867. The second-order valence-corrected chi connectivity index (χ2v) is 4.55. The monoisotopic (exact) mass is 261 g/mol. The normalized spacial score (nSPS) is 10.9. The summed E-state index contributed by atoms with van der Waals surface area (Å²) in [6, 6.07) is 7.00. The van der Waals surface area contributed by atoms with E-state index in [-0.39, 0.29) is 24.2 Å². The van der Waals surface area contributed by atoms with Crippen molar-refractivity contribution in [1.29, 1.82) is 0 Å². The predicted octanol–water partition coefficient (Wildman–Crippen LogP) is 1.26. The molecular formula is C13H15N3O3. The van der Waals surface area contributed by atoms with Crippen LogP contribution in [0, 0.1) is 0 Å². The van der Waals surface area contributed by atoms with Gasteiger partial charge in [-0.05, 0) is 19.9 Å². The average Bonchev–Trinajstić information content (AvgIpc) is 2.67. The highest BCUT2D eigenvalue weighted by atomic mass is 16.4. The number of para-hydroxylation sites is 1. The topological polar surface area (TPSA) is 84.2 Å². The highest BCUT2D eigenvalue weighted by Gasteiger charge is 2.17. The first-order chi connectivity index (χ1) is 8.99. The molecule has 1 heterocycles. The molecule has 100 valence electrons. The molecule has 2 rings (SSSR count). The summed E-state index contributed by atoms with van der Waals surface area (Å²) in [6.07, 6.45) is 0. The van der Waals surface area contributed by atoms with E-state index in [1.165, 1.54) is 4.68 Å². The predicted molar refractivity (Wildman–Crippen MR) is 70.0 cm³/mol. The number of benzene rings is 1. The molecule has 6 nitrogen and oxygen atoms in total. The molecule has 0 spiro atoms. The lowest BCUT2D eigenvalue weighted by Crippen LogP contribution is -2.33. The Kier molecular flexibility index (Phi) is 3.50. The third-order valence-electron chi connectivity index (χ3n) is 2.60. The Morgan fingerprint density at radius 2 is 2.05 bits per heavy atom. The van der Waals surface area contributed by atoms with Crippen molar-refractivity contribution in [3.63, 3.8) is 0 Å². The van der Waals surface area contributed by atoms with Gasteiger partial charge in [0, 0.05) is 11.4 Å². The first kappa shape index (κ1) is 13.1. The Hall–Kier alpha value is -2.37. The van der Waals surface area contributed by atoms with Gasteiger partial charge in [0.1, 0.15) is 6.54 Å². The van der Waals surface area contributed by atoms with Gasteiger partial charge in [0.15, 0.2) is 5.69 Å². The molecule has 6 heteroatoms. The molecule has 1 aromatic carbocycles. The van der Waals surface area contributed by atoms with Crippen LogP contribution in [0.25, 0.3) is 10.9 Å². The first-order valence-electron chi connectivity index (χ1n) is 5.97. The summed E-state index contributed by atoms with van der Waals surface area (Å²) in [5.74, 6) is -1.29. The van der Waals surface area contributed by atoms with E-state index in [0.717, 1.165) is 0 Å². The van der Waals surface area contributed by atoms with E-state index in [0.29, 0.717) is 10.9 Å². The van der Waals surface area contributed by atoms with Crippen molar-refractivity contribution in [2.45, 2.75) is 26.4 Å². The van der Waals surface area contributed by atoms with Crippen LogP contribution in [-0.4, -0.2) is 32.8 Å². The van der Waals surface area contributed by atoms with Crippen molar-refractivity contribution in [2.75, 3.05) is 0 Å². The van der Waals surface area contributed by atoms with E-state index in [2.05, 4.69) is 10.4 Å². The molecule has 1 amide bonds. The largest absolute Gasteiger partial charge is 0.476 e. The fraction of sp³-hybridized carbons (Fsp3) is 0.308. The second-order valence-electron chi connectivity index (χ2n) is 4.55. The Morgan fingerprint density at radius 3 is 2.68 bits per heavy atom. The van der Waals surface area contributed by atoms with Crippen molar-refractivity contribution >= 4 is 22.8 Å². The summed E-state index contributed by atoms with van der Waals surface area (Å²) in [4.78, 5) is 22.8. The molecule has 0 bridgehead atoms. The number of nitrogens with one attached hydrogen (secondary N) is 1. The maximum atomic E-state index is 11.7. The van der Waals surface area contributed by atoms with Crippen LogP contribution in [-0.2, 0) is 11.3 Å². The van der Waals surface area contributed by atoms with Gasteiger partial charge in [-0.3, -0.25) is 9.48 Å². The Bertz CT molecular complexity index is 631. The fourth-order valence-electron chi connectivity index (χ4n) is 1.91. The van der Waals surface area contributed by atoms with Crippen molar-refractivity contribution in [3.8, 4) is 0 Å². The van der Waals surface area contributed by atoms with E-state index in [1.807, 2.05) is 13.8 Å². The molecule has 19 heavy (non-hydrogen) atoms. The molecular weight excluding hydrogens is 246 g/mol. The first-order valence-corrected chi connectivity index (χ1v) is 5.97. The number of carbonyl (C=O) groups excluding carboxylic acids is 1. The fourth-order valence-corrected chi connectivity index (χ4v) is 1.91. The number of hydrogen-bond acceptors (Lipinski definition) is 3. The zero-order chi connectivity index (χ0) is 14.0. The summed E-state index contributed by atoms with van der Waals surface area (Å²) in [7, 11) is 0. The maximum absolute atomic E-state index is 11.7. The van der Waals surface area contributed by atoms with Gasteiger partial charge in [0.25, 0.3) is 0 Å². The number of carboxylic acids is 1. The van der Waals surface area contributed by atoms with Crippen LogP contribution in [0.1, 0.15) is 24.3 Å². The molecule has 0 atom stereocenters. The summed E-state index contributed by atoms with van der Waals surface area (Å²) in [5.41, 5.74) is 0.603. The smallest absolute Gasteiger partial charge is 0.357 e. The zero-order valence-electron chi connectivity index (χ0n) is 10.8. The number of hydrogen-bond donors (Lipinski definition) is 2. The van der Waals surface area contributed by atoms with Crippen LogP contribution in [0.5, 0.6) is 0 Å². The van der Waals surface area contributed by atoms with E-state index in [4.69, 9.17) is 5.11 Å². The number of carboxylic acid groups (broad SMARTS) is 1. The summed E-state index contributed by atoms with van der Waals surface area (Å²) in [5, 5.41) is 16.4. The minimum atomic E-state index is -1.10. The summed E-state index contributed by atoms with van der Waals surface area (Å²) in [6.45, 7) is 3.73. The molecule has 0 aliphatic carbocycles. The summed E-state index contributed by atoms with van der Waals surface area (Å²) < 4.78 is 1.41.